The maximum atomic E-state index is 11.1. The van der Waals surface area contributed by atoms with E-state index in [0.717, 1.165) is 13.0 Å². The van der Waals surface area contributed by atoms with Crippen LogP contribution in [0.15, 0.2) is 0 Å². The molecule has 1 amide bonds. The second kappa shape index (κ2) is 3.19. The molecule has 64 valence electrons. The molecule has 11 heavy (non-hydrogen) atoms. The van der Waals surface area contributed by atoms with Gasteiger partial charge in [0.05, 0.1) is 6.04 Å². The summed E-state index contributed by atoms with van der Waals surface area (Å²) >= 11 is 0. The van der Waals surface area contributed by atoms with E-state index in [-0.39, 0.29) is 11.9 Å². The molecule has 0 unspecified atom stereocenters. The molecule has 1 aliphatic rings. The van der Waals surface area contributed by atoms with Crippen LogP contribution >= 0.6 is 0 Å². The van der Waals surface area contributed by atoms with Gasteiger partial charge in [0.15, 0.2) is 0 Å². The van der Waals surface area contributed by atoms with Crippen LogP contribution in [0.1, 0.15) is 13.3 Å². The molecule has 1 fully saturated rings. The van der Waals surface area contributed by atoms with Crippen molar-refractivity contribution in [3.63, 3.8) is 0 Å². The largest absolute Gasteiger partial charge is 0.295 e. The molecule has 0 spiro atoms. The van der Waals surface area contributed by atoms with Gasteiger partial charge in [0.2, 0.25) is 0 Å². The minimum Gasteiger partial charge on any atom is -0.295 e. The maximum Gasteiger partial charge on any atom is 0.251 e. The fourth-order valence-corrected chi connectivity index (χ4v) is 1.66. The summed E-state index contributed by atoms with van der Waals surface area (Å²) in [6, 6.07) is -0.0185. The van der Waals surface area contributed by atoms with E-state index in [1.165, 1.54) is 0 Å². The first-order valence-corrected chi connectivity index (χ1v) is 3.86. The summed E-state index contributed by atoms with van der Waals surface area (Å²) in [6.45, 7) is 3.12. The first-order chi connectivity index (χ1) is 5.15. The Hall–Kier alpha value is -0.610. The van der Waals surface area contributed by atoms with Crippen molar-refractivity contribution in [2.24, 2.45) is 11.8 Å². The number of likely N-dealkylation sites (N-methyl/N-ethyl adjacent to an activating group) is 1. The van der Waals surface area contributed by atoms with Crippen molar-refractivity contribution < 1.29 is 4.79 Å². The Morgan fingerprint density at radius 2 is 2.36 bits per heavy atom. The van der Waals surface area contributed by atoms with Gasteiger partial charge in [-0.15, -0.1) is 0 Å². The molecular weight excluding hydrogens is 142 g/mol. The third-order valence-electron chi connectivity index (χ3n) is 2.20. The van der Waals surface area contributed by atoms with Crippen molar-refractivity contribution in [1.82, 2.24) is 10.3 Å². The van der Waals surface area contributed by atoms with Gasteiger partial charge in [-0.3, -0.25) is 15.1 Å². The normalized spacial score (nSPS) is 32.3. The highest BCUT2D eigenvalue weighted by Crippen LogP contribution is 2.20. The standard InChI is InChI=1S/C7H15N3O/c1-5-3-6(7(11)9-8)10(2)4-5/h5-6H,3-4,8H2,1-2H3,(H,9,11)/t5-,6-/m0/s1. The van der Waals surface area contributed by atoms with Crippen LogP contribution in [-0.4, -0.2) is 30.4 Å². The molecule has 0 aromatic carbocycles. The Kier molecular flexibility index (Phi) is 2.46. The van der Waals surface area contributed by atoms with Crippen LogP contribution < -0.4 is 11.3 Å². The van der Waals surface area contributed by atoms with Crippen LogP contribution in [-0.2, 0) is 4.79 Å². The smallest absolute Gasteiger partial charge is 0.251 e. The number of rotatable bonds is 1. The minimum atomic E-state index is -0.0724. The lowest BCUT2D eigenvalue weighted by Gasteiger charge is -2.16. The molecule has 1 aliphatic heterocycles. The van der Waals surface area contributed by atoms with Gasteiger partial charge >= 0.3 is 0 Å². The number of likely N-dealkylation sites (tertiary alicyclic amines) is 1. The Bertz CT molecular complexity index is 160. The van der Waals surface area contributed by atoms with Gasteiger partial charge in [-0.25, -0.2) is 5.84 Å². The van der Waals surface area contributed by atoms with Gasteiger partial charge in [-0.1, -0.05) is 6.92 Å². The van der Waals surface area contributed by atoms with Crippen LogP contribution in [0.5, 0.6) is 0 Å². The number of amides is 1. The zero-order valence-electron chi connectivity index (χ0n) is 7.00. The lowest BCUT2D eigenvalue weighted by Crippen LogP contribution is -2.44. The second-order valence-corrected chi connectivity index (χ2v) is 3.30. The number of hydrogen-bond acceptors (Lipinski definition) is 3. The van der Waals surface area contributed by atoms with E-state index in [4.69, 9.17) is 5.84 Å². The maximum absolute atomic E-state index is 11.1. The van der Waals surface area contributed by atoms with E-state index in [0.29, 0.717) is 5.92 Å². The molecule has 1 rings (SSSR count). The molecule has 0 radical (unpaired) electrons. The number of carbonyl (C=O) groups is 1. The van der Waals surface area contributed by atoms with Gasteiger partial charge in [0.25, 0.3) is 5.91 Å². The van der Waals surface area contributed by atoms with E-state index in [1.807, 2.05) is 11.9 Å². The van der Waals surface area contributed by atoms with E-state index >= 15 is 0 Å². The fourth-order valence-electron chi connectivity index (χ4n) is 1.66. The number of carbonyl (C=O) groups excluding carboxylic acids is 1. The van der Waals surface area contributed by atoms with Crippen molar-refractivity contribution in [2.75, 3.05) is 13.6 Å². The second-order valence-electron chi connectivity index (χ2n) is 3.30. The Morgan fingerprint density at radius 3 is 2.73 bits per heavy atom. The molecule has 4 nitrogen and oxygen atoms in total. The lowest BCUT2D eigenvalue weighted by molar-refractivity contribution is -0.125. The predicted molar refractivity (Wildman–Crippen MR) is 42.5 cm³/mol. The van der Waals surface area contributed by atoms with Crippen molar-refractivity contribution in [3.05, 3.63) is 0 Å². The van der Waals surface area contributed by atoms with E-state index < -0.39 is 0 Å². The molecule has 2 atom stereocenters. The fraction of sp³-hybridized carbons (Fsp3) is 0.857. The Balaban J connectivity index is 2.52. The van der Waals surface area contributed by atoms with E-state index in [9.17, 15) is 4.79 Å². The number of hydrazine groups is 1. The highest BCUT2D eigenvalue weighted by atomic mass is 16.2. The summed E-state index contributed by atoms with van der Waals surface area (Å²) in [6.07, 6.45) is 0.916. The van der Waals surface area contributed by atoms with Gasteiger partial charge in [0.1, 0.15) is 0 Å². The average molecular weight is 157 g/mol. The number of nitrogens with one attached hydrogen (secondary N) is 1. The van der Waals surface area contributed by atoms with Crippen molar-refractivity contribution in [3.8, 4) is 0 Å². The van der Waals surface area contributed by atoms with Crippen LogP contribution in [0.4, 0.5) is 0 Å². The van der Waals surface area contributed by atoms with Crippen LogP contribution in [0.25, 0.3) is 0 Å². The van der Waals surface area contributed by atoms with Crippen molar-refractivity contribution in [1.29, 1.82) is 0 Å². The first-order valence-electron chi connectivity index (χ1n) is 3.86. The summed E-state index contributed by atoms with van der Waals surface area (Å²) < 4.78 is 0. The average Bonchev–Trinajstić information content (AvgIpc) is 2.28. The summed E-state index contributed by atoms with van der Waals surface area (Å²) in [5.74, 6) is 5.56. The molecule has 0 aliphatic carbocycles. The van der Waals surface area contributed by atoms with Gasteiger partial charge in [0, 0.05) is 6.54 Å². The highest BCUT2D eigenvalue weighted by molar-refractivity contribution is 5.81. The van der Waals surface area contributed by atoms with Gasteiger partial charge in [-0.2, -0.15) is 0 Å². The third kappa shape index (κ3) is 1.70. The molecular formula is C7H15N3O. The molecule has 4 heteroatoms. The quantitative estimate of drug-likeness (QED) is 0.301. The lowest BCUT2D eigenvalue weighted by atomic mass is 10.1. The molecule has 3 N–H and O–H groups in total. The van der Waals surface area contributed by atoms with Crippen LogP contribution in [0, 0.1) is 5.92 Å². The molecule has 0 bridgehead atoms. The van der Waals surface area contributed by atoms with Crippen molar-refractivity contribution in [2.45, 2.75) is 19.4 Å². The molecule has 0 aromatic rings. The van der Waals surface area contributed by atoms with Crippen LogP contribution in [0.3, 0.4) is 0 Å². The minimum absolute atomic E-state index is 0.0185. The monoisotopic (exact) mass is 157 g/mol. The Labute approximate surface area is 66.7 Å². The molecule has 0 saturated carbocycles. The van der Waals surface area contributed by atoms with E-state index in [2.05, 4.69) is 12.3 Å². The third-order valence-corrected chi connectivity index (χ3v) is 2.20. The van der Waals surface area contributed by atoms with Crippen molar-refractivity contribution >= 4 is 5.91 Å². The summed E-state index contributed by atoms with van der Waals surface area (Å²) in [4.78, 5) is 13.1. The zero-order valence-corrected chi connectivity index (χ0v) is 7.00. The van der Waals surface area contributed by atoms with Gasteiger partial charge < -0.3 is 0 Å². The summed E-state index contributed by atoms with van der Waals surface area (Å²) in [5.41, 5.74) is 2.18. The number of hydrogen-bond donors (Lipinski definition) is 2. The highest BCUT2D eigenvalue weighted by Gasteiger charge is 2.31. The number of nitrogens with two attached hydrogens (primary N) is 1. The predicted octanol–water partition coefficient (Wildman–Crippen LogP) is -0.683. The topological polar surface area (TPSA) is 58.4 Å². The molecule has 1 saturated heterocycles. The summed E-state index contributed by atoms with van der Waals surface area (Å²) in [5, 5.41) is 0. The molecule has 0 aromatic heterocycles. The van der Waals surface area contributed by atoms with Crippen LogP contribution in [0.2, 0.25) is 0 Å². The van der Waals surface area contributed by atoms with Gasteiger partial charge in [-0.05, 0) is 19.4 Å². The SMILES string of the molecule is C[C@H]1C[C@@H](C(=O)NN)N(C)C1. The zero-order chi connectivity index (χ0) is 8.43. The number of nitrogens with zero attached hydrogens (tertiary/aromatic N) is 1. The molecule has 1 heterocycles. The first kappa shape index (κ1) is 8.49. The summed E-state index contributed by atoms with van der Waals surface area (Å²) in [7, 11) is 1.95. The Morgan fingerprint density at radius 1 is 1.73 bits per heavy atom. The van der Waals surface area contributed by atoms with E-state index in [1.54, 1.807) is 0 Å².